The summed E-state index contributed by atoms with van der Waals surface area (Å²) in [6, 6.07) is 9.35. The number of fused-ring (bicyclic) bond motifs is 1. The van der Waals surface area contributed by atoms with Crippen molar-refractivity contribution in [3.8, 4) is 17.2 Å². The predicted octanol–water partition coefficient (Wildman–Crippen LogP) is 4.02. The lowest BCUT2D eigenvalue weighted by molar-refractivity contribution is 0.103. The molecule has 4 aromatic heterocycles. The number of thiophene rings is 2. The molecule has 9 heteroatoms. The molecular formula is C19H14N6OS2. The van der Waals surface area contributed by atoms with Crippen LogP contribution in [0.5, 0.6) is 0 Å². The lowest BCUT2D eigenvalue weighted by atomic mass is 9.99. The molecule has 0 atom stereocenters. The van der Waals surface area contributed by atoms with Crippen LogP contribution in [0.2, 0.25) is 0 Å². The van der Waals surface area contributed by atoms with E-state index < -0.39 is 0 Å². The number of carbonyl (C=O) groups excluding carboxylic acids is 1. The van der Waals surface area contributed by atoms with Crippen molar-refractivity contribution in [1.82, 2.24) is 9.97 Å². The fourth-order valence-electron chi connectivity index (χ4n) is 2.93. The van der Waals surface area contributed by atoms with Crippen molar-refractivity contribution in [2.45, 2.75) is 6.92 Å². The van der Waals surface area contributed by atoms with Crippen molar-refractivity contribution >= 4 is 56.1 Å². The van der Waals surface area contributed by atoms with Crippen molar-refractivity contribution in [1.29, 1.82) is 5.26 Å². The molecule has 5 N–H and O–H groups in total. The average Bonchev–Trinajstić information content (AvgIpc) is 3.29. The van der Waals surface area contributed by atoms with Gasteiger partial charge in [0.25, 0.3) is 5.91 Å². The molecule has 0 saturated heterocycles. The average molecular weight is 406 g/mol. The molecule has 4 aromatic rings. The largest absolute Gasteiger partial charge is 0.397 e. The van der Waals surface area contributed by atoms with E-state index in [4.69, 9.17) is 11.5 Å². The summed E-state index contributed by atoms with van der Waals surface area (Å²) in [6.45, 7) is 1.84. The van der Waals surface area contributed by atoms with Gasteiger partial charge in [0.2, 0.25) is 0 Å². The van der Waals surface area contributed by atoms with Gasteiger partial charge in [-0.3, -0.25) is 4.79 Å². The fraction of sp³-hybridized carbons (Fsp3) is 0.0526. The molecule has 0 fully saturated rings. The van der Waals surface area contributed by atoms with Crippen LogP contribution in [0.1, 0.15) is 20.9 Å². The van der Waals surface area contributed by atoms with Gasteiger partial charge >= 0.3 is 0 Å². The Kier molecular flexibility index (Phi) is 4.43. The highest BCUT2D eigenvalue weighted by Crippen LogP contribution is 2.43. The number of aromatic nitrogens is 2. The molecule has 0 aliphatic heterocycles. The maximum atomic E-state index is 12.8. The van der Waals surface area contributed by atoms with Crippen LogP contribution in [0.3, 0.4) is 0 Å². The first-order valence-corrected chi connectivity index (χ1v) is 9.94. The Morgan fingerprint density at radius 2 is 2.07 bits per heavy atom. The van der Waals surface area contributed by atoms with Crippen molar-refractivity contribution in [3.63, 3.8) is 0 Å². The van der Waals surface area contributed by atoms with Gasteiger partial charge in [0, 0.05) is 16.6 Å². The summed E-state index contributed by atoms with van der Waals surface area (Å²) in [5.74, 6) is 0.168. The molecule has 28 heavy (non-hydrogen) atoms. The summed E-state index contributed by atoms with van der Waals surface area (Å²) in [5.41, 5.74) is 15.1. The minimum atomic E-state index is -0.382. The van der Waals surface area contributed by atoms with E-state index in [1.807, 2.05) is 35.9 Å². The molecule has 0 aliphatic carbocycles. The number of rotatable bonds is 3. The molecular weight excluding hydrogens is 392 g/mol. The number of nitrogens with two attached hydrogens (primary N) is 2. The Hall–Kier alpha value is -3.48. The summed E-state index contributed by atoms with van der Waals surface area (Å²) in [7, 11) is 0. The fourth-order valence-corrected chi connectivity index (χ4v) is 4.59. The monoisotopic (exact) mass is 406 g/mol. The number of carbonyl (C=O) groups is 1. The van der Waals surface area contributed by atoms with Crippen LogP contribution in [0.25, 0.3) is 21.3 Å². The van der Waals surface area contributed by atoms with E-state index in [9.17, 15) is 10.1 Å². The summed E-state index contributed by atoms with van der Waals surface area (Å²) >= 11 is 2.63. The quantitative estimate of drug-likeness (QED) is 0.471. The number of nitrogens with one attached hydrogen (secondary N) is 1. The molecule has 1 amide bonds. The zero-order chi connectivity index (χ0) is 19.8. The van der Waals surface area contributed by atoms with Crippen LogP contribution >= 0.6 is 22.7 Å². The molecule has 0 unspecified atom stereocenters. The first-order chi connectivity index (χ1) is 13.5. The maximum Gasteiger partial charge on any atom is 0.269 e. The maximum absolute atomic E-state index is 12.8. The summed E-state index contributed by atoms with van der Waals surface area (Å²) in [4.78, 5) is 22.2. The molecule has 138 valence electrons. The molecule has 7 nitrogen and oxygen atoms in total. The van der Waals surface area contributed by atoms with E-state index >= 15 is 0 Å². The van der Waals surface area contributed by atoms with Gasteiger partial charge in [0.1, 0.15) is 33.0 Å². The third kappa shape index (κ3) is 2.94. The van der Waals surface area contributed by atoms with Crippen LogP contribution in [-0.4, -0.2) is 15.9 Å². The van der Waals surface area contributed by atoms with Crippen molar-refractivity contribution in [3.05, 3.63) is 51.2 Å². The van der Waals surface area contributed by atoms with Gasteiger partial charge in [0.15, 0.2) is 0 Å². The Morgan fingerprint density at radius 1 is 1.25 bits per heavy atom. The summed E-state index contributed by atoms with van der Waals surface area (Å²) < 4.78 is 0. The highest BCUT2D eigenvalue weighted by Gasteiger charge is 2.24. The van der Waals surface area contributed by atoms with E-state index in [1.165, 1.54) is 11.3 Å². The molecule has 0 bridgehead atoms. The van der Waals surface area contributed by atoms with Crippen molar-refractivity contribution < 1.29 is 4.79 Å². The van der Waals surface area contributed by atoms with E-state index in [0.717, 1.165) is 22.6 Å². The normalized spacial score (nSPS) is 10.7. The lowest BCUT2D eigenvalue weighted by Crippen LogP contribution is -2.13. The number of hydrogen-bond donors (Lipinski definition) is 3. The number of pyridine rings is 2. The SMILES string of the molecule is Cc1cccc(NC(=O)c2sc3nc(N)c(C#N)c(-c4ccsc4)c3c2N)n1. The van der Waals surface area contributed by atoms with Crippen molar-refractivity contribution in [2.24, 2.45) is 0 Å². The number of hydrogen-bond acceptors (Lipinski definition) is 8. The van der Waals surface area contributed by atoms with Gasteiger partial charge in [-0.15, -0.1) is 11.3 Å². The highest BCUT2D eigenvalue weighted by atomic mass is 32.1. The van der Waals surface area contributed by atoms with Crippen LogP contribution in [0.4, 0.5) is 17.3 Å². The first kappa shape index (κ1) is 17.9. The second-order valence-electron chi connectivity index (χ2n) is 6.01. The van der Waals surface area contributed by atoms with Gasteiger partial charge < -0.3 is 16.8 Å². The number of amides is 1. The van der Waals surface area contributed by atoms with Gasteiger partial charge in [0.05, 0.1) is 5.69 Å². The number of nitrogens with zero attached hydrogens (tertiary/aromatic N) is 3. The molecule has 4 rings (SSSR count). The Bertz CT molecular complexity index is 1250. The third-order valence-electron chi connectivity index (χ3n) is 4.16. The van der Waals surface area contributed by atoms with E-state index in [0.29, 0.717) is 26.5 Å². The molecule has 0 radical (unpaired) electrons. The third-order valence-corrected chi connectivity index (χ3v) is 5.94. The van der Waals surface area contributed by atoms with E-state index in [1.54, 1.807) is 6.07 Å². The number of nitriles is 1. The van der Waals surface area contributed by atoms with Crippen LogP contribution in [0, 0.1) is 18.3 Å². The number of nitrogen functional groups attached to an aromatic ring is 2. The molecule has 0 aromatic carbocycles. The standard InChI is InChI=1S/C19H14N6OS2/c1-9-3-2-4-12(23-9)24-18(26)16-15(21)14-13(10-5-6-27-8-10)11(7-20)17(22)25-19(14)28-16/h2-6,8H,21H2,1H3,(H2,22,25)(H,23,24,26). The van der Waals surface area contributed by atoms with Gasteiger partial charge in [-0.2, -0.15) is 16.6 Å². The number of anilines is 3. The van der Waals surface area contributed by atoms with E-state index in [2.05, 4.69) is 21.4 Å². The Morgan fingerprint density at radius 3 is 2.75 bits per heavy atom. The molecule has 0 aliphatic rings. The minimum Gasteiger partial charge on any atom is -0.397 e. The van der Waals surface area contributed by atoms with E-state index in [-0.39, 0.29) is 23.0 Å². The molecule has 0 spiro atoms. The number of aryl methyl sites for hydroxylation is 1. The van der Waals surface area contributed by atoms with Crippen LogP contribution in [-0.2, 0) is 0 Å². The lowest BCUT2D eigenvalue weighted by Gasteiger charge is -2.08. The molecule has 0 saturated carbocycles. The minimum absolute atomic E-state index is 0.116. The van der Waals surface area contributed by atoms with Crippen LogP contribution in [0.15, 0.2) is 35.0 Å². The van der Waals surface area contributed by atoms with Gasteiger partial charge in [-0.25, -0.2) is 9.97 Å². The summed E-state index contributed by atoms with van der Waals surface area (Å²) in [5, 5.41) is 16.7. The molecule has 4 heterocycles. The zero-order valence-electron chi connectivity index (χ0n) is 14.7. The Balaban J connectivity index is 1.88. The topological polar surface area (TPSA) is 131 Å². The zero-order valence-corrected chi connectivity index (χ0v) is 16.3. The first-order valence-electron chi connectivity index (χ1n) is 8.18. The Labute approximate surface area is 168 Å². The summed E-state index contributed by atoms with van der Waals surface area (Å²) in [6.07, 6.45) is 0. The highest BCUT2D eigenvalue weighted by molar-refractivity contribution is 7.21. The van der Waals surface area contributed by atoms with Gasteiger partial charge in [-0.05, 0) is 41.4 Å². The van der Waals surface area contributed by atoms with Crippen molar-refractivity contribution in [2.75, 3.05) is 16.8 Å². The smallest absolute Gasteiger partial charge is 0.269 e. The van der Waals surface area contributed by atoms with Crippen LogP contribution < -0.4 is 16.8 Å². The second-order valence-corrected chi connectivity index (χ2v) is 7.79. The second kappa shape index (κ2) is 6.92. The van der Waals surface area contributed by atoms with Gasteiger partial charge in [-0.1, -0.05) is 6.07 Å². The predicted molar refractivity (Wildman–Crippen MR) is 113 cm³/mol.